The average Bonchev–Trinajstić information content (AvgIpc) is 2.83. The van der Waals surface area contributed by atoms with E-state index in [-0.39, 0.29) is 28.6 Å². The first kappa shape index (κ1) is 14.8. The third-order valence-electron chi connectivity index (χ3n) is 3.46. The van der Waals surface area contributed by atoms with Crippen molar-refractivity contribution in [1.29, 1.82) is 0 Å². The summed E-state index contributed by atoms with van der Waals surface area (Å²) in [5.74, 6) is 0.287. The van der Waals surface area contributed by atoms with Gasteiger partial charge in [-0.25, -0.2) is 0 Å². The summed E-state index contributed by atoms with van der Waals surface area (Å²) in [7, 11) is 3.05. The lowest BCUT2D eigenvalue weighted by molar-refractivity contribution is 0.101. The molecule has 0 radical (unpaired) electrons. The highest BCUT2D eigenvalue weighted by Crippen LogP contribution is 2.41. The van der Waals surface area contributed by atoms with Crippen LogP contribution in [0.4, 0.5) is 0 Å². The smallest absolute Gasteiger partial charge is 0.235 e. The van der Waals surface area contributed by atoms with Crippen LogP contribution in [0, 0.1) is 0 Å². The Morgan fingerprint density at radius 2 is 1.87 bits per heavy atom. The number of phenols is 2. The van der Waals surface area contributed by atoms with Crippen LogP contribution >= 0.6 is 0 Å². The number of ketones is 1. The zero-order valence-corrected chi connectivity index (χ0v) is 12.5. The van der Waals surface area contributed by atoms with E-state index < -0.39 is 5.78 Å². The van der Waals surface area contributed by atoms with E-state index in [2.05, 4.69) is 0 Å². The molecule has 1 aliphatic rings. The number of carbonyl (C=O) groups excluding carboxylic acids is 1. The van der Waals surface area contributed by atoms with E-state index in [0.29, 0.717) is 17.1 Å². The Bertz CT molecular complexity index is 822. The summed E-state index contributed by atoms with van der Waals surface area (Å²) in [6, 6.07) is 7.51. The number of rotatable bonds is 3. The van der Waals surface area contributed by atoms with Crippen molar-refractivity contribution in [2.24, 2.45) is 0 Å². The largest absolute Gasteiger partial charge is 0.508 e. The molecule has 0 bridgehead atoms. The minimum absolute atomic E-state index is 0.0208. The summed E-state index contributed by atoms with van der Waals surface area (Å²) in [4.78, 5) is 12.4. The van der Waals surface area contributed by atoms with Crippen LogP contribution in [0.3, 0.4) is 0 Å². The van der Waals surface area contributed by atoms with Crippen LogP contribution in [-0.2, 0) is 0 Å². The lowest BCUT2D eigenvalue weighted by atomic mass is 10.1. The molecule has 2 N–H and O–H groups in total. The first-order valence-corrected chi connectivity index (χ1v) is 6.75. The van der Waals surface area contributed by atoms with Crippen LogP contribution in [0.5, 0.6) is 28.7 Å². The maximum atomic E-state index is 12.4. The molecule has 6 heteroatoms. The molecule has 0 unspecified atom stereocenters. The topological polar surface area (TPSA) is 85.2 Å². The number of phenolic OH excluding ortho intramolecular Hbond substituents is 2. The van der Waals surface area contributed by atoms with Crippen molar-refractivity contribution >= 4 is 11.9 Å². The molecule has 3 rings (SSSR count). The number of hydrogen-bond acceptors (Lipinski definition) is 6. The van der Waals surface area contributed by atoms with Crippen molar-refractivity contribution in [2.45, 2.75) is 0 Å². The standard InChI is InChI=1S/C17H14O6/c1-21-11-3-4-13(22-2)9(5-11)6-15-17(20)16-12(19)7-10(18)8-14(16)23-15/h3-8,18-19H,1-2H3/b15-6-. The summed E-state index contributed by atoms with van der Waals surface area (Å²) in [5.41, 5.74) is 0.614. The van der Waals surface area contributed by atoms with E-state index in [0.717, 1.165) is 6.07 Å². The minimum Gasteiger partial charge on any atom is -0.508 e. The molecule has 0 spiro atoms. The number of allylic oxidation sites excluding steroid dienone is 1. The van der Waals surface area contributed by atoms with Gasteiger partial charge in [0.2, 0.25) is 5.78 Å². The van der Waals surface area contributed by atoms with Crippen LogP contribution < -0.4 is 14.2 Å². The second kappa shape index (κ2) is 5.57. The van der Waals surface area contributed by atoms with E-state index in [9.17, 15) is 15.0 Å². The van der Waals surface area contributed by atoms with Crippen LogP contribution in [-0.4, -0.2) is 30.2 Å². The minimum atomic E-state index is -0.470. The second-order valence-corrected chi connectivity index (χ2v) is 4.89. The predicted molar refractivity (Wildman–Crippen MR) is 82.3 cm³/mol. The van der Waals surface area contributed by atoms with Gasteiger partial charge in [0, 0.05) is 17.7 Å². The highest BCUT2D eigenvalue weighted by atomic mass is 16.5. The molecule has 118 valence electrons. The summed E-state index contributed by atoms with van der Waals surface area (Å²) in [6.45, 7) is 0. The molecule has 0 amide bonds. The normalized spacial score (nSPS) is 14.5. The monoisotopic (exact) mass is 314 g/mol. The molecule has 2 aromatic rings. The molecular formula is C17H14O6. The van der Waals surface area contributed by atoms with Gasteiger partial charge < -0.3 is 24.4 Å². The van der Waals surface area contributed by atoms with Crippen molar-refractivity contribution < 1.29 is 29.2 Å². The van der Waals surface area contributed by atoms with Crippen molar-refractivity contribution in [3.63, 3.8) is 0 Å². The van der Waals surface area contributed by atoms with Crippen LogP contribution in [0.1, 0.15) is 15.9 Å². The van der Waals surface area contributed by atoms with Gasteiger partial charge in [0.15, 0.2) is 5.76 Å². The molecule has 0 atom stereocenters. The first-order valence-electron chi connectivity index (χ1n) is 6.75. The molecule has 1 heterocycles. The van der Waals surface area contributed by atoms with Crippen LogP contribution in [0.2, 0.25) is 0 Å². The highest BCUT2D eigenvalue weighted by molar-refractivity contribution is 6.16. The van der Waals surface area contributed by atoms with Gasteiger partial charge in [0.05, 0.1) is 14.2 Å². The fourth-order valence-electron chi connectivity index (χ4n) is 2.37. The second-order valence-electron chi connectivity index (χ2n) is 4.89. The number of ether oxygens (including phenoxy) is 3. The molecular weight excluding hydrogens is 300 g/mol. The highest BCUT2D eigenvalue weighted by Gasteiger charge is 2.31. The lowest BCUT2D eigenvalue weighted by Gasteiger charge is -2.07. The van der Waals surface area contributed by atoms with Gasteiger partial charge in [-0.2, -0.15) is 0 Å². The van der Waals surface area contributed by atoms with E-state index >= 15 is 0 Å². The molecule has 0 saturated heterocycles. The van der Waals surface area contributed by atoms with Gasteiger partial charge in [-0.3, -0.25) is 4.79 Å². The van der Waals surface area contributed by atoms with Crippen LogP contribution in [0.25, 0.3) is 6.08 Å². The van der Waals surface area contributed by atoms with E-state index in [4.69, 9.17) is 14.2 Å². The average molecular weight is 314 g/mol. The third kappa shape index (κ3) is 2.55. The van der Waals surface area contributed by atoms with Crippen molar-refractivity contribution in [3.8, 4) is 28.7 Å². The van der Waals surface area contributed by atoms with E-state index in [1.807, 2.05) is 0 Å². The number of methoxy groups -OCH3 is 2. The summed E-state index contributed by atoms with van der Waals surface area (Å²) in [5, 5.41) is 19.3. The molecule has 0 aromatic heterocycles. The number of benzene rings is 2. The van der Waals surface area contributed by atoms with Gasteiger partial charge >= 0.3 is 0 Å². The zero-order valence-electron chi connectivity index (χ0n) is 12.5. The van der Waals surface area contributed by atoms with Gasteiger partial charge in [-0.1, -0.05) is 0 Å². The van der Waals surface area contributed by atoms with Gasteiger partial charge in [0.1, 0.15) is 34.3 Å². The van der Waals surface area contributed by atoms with Crippen molar-refractivity contribution in [1.82, 2.24) is 0 Å². The maximum absolute atomic E-state index is 12.4. The van der Waals surface area contributed by atoms with Gasteiger partial charge in [-0.05, 0) is 24.3 Å². The SMILES string of the molecule is COc1ccc(OC)c(/C=C2\Oc3cc(O)cc(O)c3C2=O)c1. The fourth-order valence-corrected chi connectivity index (χ4v) is 2.37. The van der Waals surface area contributed by atoms with Gasteiger partial charge in [0.25, 0.3) is 0 Å². The molecule has 23 heavy (non-hydrogen) atoms. The Labute approximate surface area is 132 Å². The Morgan fingerprint density at radius 3 is 2.57 bits per heavy atom. The Hall–Kier alpha value is -3.15. The van der Waals surface area contributed by atoms with Crippen LogP contribution in [0.15, 0.2) is 36.1 Å². The maximum Gasteiger partial charge on any atom is 0.235 e. The number of carbonyl (C=O) groups is 1. The molecule has 2 aromatic carbocycles. The predicted octanol–water partition coefficient (Wildman–Crippen LogP) is 2.73. The van der Waals surface area contributed by atoms with Crippen molar-refractivity contribution in [2.75, 3.05) is 14.2 Å². The molecule has 0 fully saturated rings. The Morgan fingerprint density at radius 1 is 1.09 bits per heavy atom. The first-order chi connectivity index (χ1) is 11.0. The quantitative estimate of drug-likeness (QED) is 0.847. The Balaban J connectivity index is 2.06. The number of hydrogen-bond donors (Lipinski definition) is 2. The molecule has 6 nitrogen and oxygen atoms in total. The molecule has 0 saturated carbocycles. The number of fused-ring (bicyclic) bond motifs is 1. The fraction of sp³-hybridized carbons (Fsp3) is 0.118. The summed E-state index contributed by atoms with van der Waals surface area (Å²) in [6.07, 6.45) is 1.50. The van der Waals surface area contributed by atoms with Crippen molar-refractivity contribution in [3.05, 3.63) is 47.2 Å². The summed E-state index contributed by atoms with van der Waals surface area (Å²) >= 11 is 0. The lowest BCUT2D eigenvalue weighted by Crippen LogP contribution is -1.99. The molecule has 0 aliphatic carbocycles. The third-order valence-corrected chi connectivity index (χ3v) is 3.46. The number of aromatic hydroxyl groups is 2. The zero-order chi connectivity index (χ0) is 16.6. The van der Waals surface area contributed by atoms with E-state index in [1.54, 1.807) is 18.2 Å². The Kier molecular flexibility index (Phi) is 3.57. The number of Topliss-reactive ketones (excluding diaryl/α,β-unsaturated/α-hetero) is 1. The molecule has 1 aliphatic heterocycles. The van der Waals surface area contributed by atoms with Gasteiger partial charge in [-0.15, -0.1) is 0 Å². The van der Waals surface area contributed by atoms with E-state index in [1.165, 1.54) is 26.4 Å². The summed E-state index contributed by atoms with van der Waals surface area (Å²) < 4.78 is 15.9.